The molecule has 0 N–H and O–H groups in total. The highest BCUT2D eigenvalue weighted by Gasteiger charge is 1.99. The molecule has 0 aliphatic heterocycles. The summed E-state index contributed by atoms with van der Waals surface area (Å²) in [6, 6.07) is 27.1. The minimum atomic E-state index is 0.478. The second-order valence-corrected chi connectivity index (χ2v) is 5.34. The van der Waals surface area contributed by atoms with Crippen LogP contribution in [0, 0.1) is 11.3 Å². The maximum absolute atomic E-state index is 8.79. The van der Waals surface area contributed by atoms with Crippen LogP contribution in [0.4, 0.5) is 0 Å². The first-order valence-corrected chi connectivity index (χ1v) is 7.72. The van der Waals surface area contributed by atoms with E-state index in [0.29, 0.717) is 18.8 Å². The van der Waals surface area contributed by atoms with Crippen molar-refractivity contribution >= 4 is 0 Å². The maximum atomic E-state index is 8.79. The van der Waals surface area contributed by atoms with Gasteiger partial charge < -0.3 is 9.47 Å². The first-order valence-electron chi connectivity index (χ1n) is 7.72. The van der Waals surface area contributed by atoms with Crippen LogP contribution in [0.5, 0.6) is 11.5 Å². The van der Waals surface area contributed by atoms with Crippen molar-refractivity contribution in [2.75, 3.05) is 0 Å². The number of nitrogens with zero attached hydrogens (tertiary/aromatic N) is 1. The lowest BCUT2D eigenvalue weighted by atomic mass is 10.1. The van der Waals surface area contributed by atoms with Gasteiger partial charge in [0.2, 0.25) is 0 Å². The van der Waals surface area contributed by atoms with E-state index in [2.05, 4.69) is 6.07 Å². The van der Waals surface area contributed by atoms with Gasteiger partial charge in [0.25, 0.3) is 0 Å². The SMILES string of the molecule is N#Cc1ccc(COc2ccc(COc3ccccc3)cc2)cc1. The third kappa shape index (κ3) is 4.37. The molecule has 118 valence electrons. The van der Waals surface area contributed by atoms with Crippen molar-refractivity contribution in [2.24, 2.45) is 0 Å². The maximum Gasteiger partial charge on any atom is 0.119 e. The predicted octanol–water partition coefficient (Wildman–Crippen LogP) is 4.72. The number of benzene rings is 3. The van der Waals surface area contributed by atoms with Crippen LogP contribution in [0.1, 0.15) is 16.7 Å². The largest absolute Gasteiger partial charge is 0.489 e. The second-order valence-electron chi connectivity index (χ2n) is 5.34. The molecule has 0 atom stereocenters. The minimum Gasteiger partial charge on any atom is -0.489 e. The van der Waals surface area contributed by atoms with Crippen LogP contribution in [0.25, 0.3) is 0 Å². The summed E-state index contributed by atoms with van der Waals surface area (Å²) >= 11 is 0. The van der Waals surface area contributed by atoms with E-state index in [1.54, 1.807) is 12.1 Å². The summed E-state index contributed by atoms with van der Waals surface area (Å²) in [5.74, 6) is 1.67. The van der Waals surface area contributed by atoms with Crippen LogP contribution in [0.15, 0.2) is 78.9 Å². The summed E-state index contributed by atoms with van der Waals surface area (Å²) in [5.41, 5.74) is 2.77. The van der Waals surface area contributed by atoms with Gasteiger partial charge in [-0.05, 0) is 47.5 Å². The van der Waals surface area contributed by atoms with E-state index in [1.807, 2.05) is 66.7 Å². The molecule has 3 rings (SSSR count). The van der Waals surface area contributed by atoms with Gasteiger partial charge >= 0.3 is 0 Å². The van der Waals surface area contributed by atoms with E-state index >= 15 is 0 Å². The van der Waals surface area contributed by atoms with Gasteiger partial charge in [-0.25, -0.2) is 0 Å². The van der Waals surface area contributed by atoms with Crippen molar-refractivity contribution in [3.8, 4) is 17.6 Å². The van der Waals surface area contributed by atoms with Gasteiger partial charge in [0.1, 0.15) is 24.7 Å². The van der Waals surface area contributed by atoms with Gasteiger partial charge in [-0.3, -0.25) is 0 Å². The smallest absolute Gasteiger partial charge is 0.119 e. The Morgan fingerprint density at radius 2 is 1.12 bits per heavy atom. The van der Waals surface area contributed by atoms with Gasteiger partial charge in [0, 0.05) is 0 Å². The first-order chi connectivity index (χ1) is 11.8. The fraction of sp³-hybridized carbons (Fsp3) is 0.0952. The highest BCUT2D eigenvalue weighted by Crippen LogP contribution is 2.16. The molecule has 0 saturated carbocycles. The normalized spacial score (nSPS) is 9.96. The van der Waals surface area contributed by atoms with Crippen molar-refractivity contribution in [3.05, 3.63) is 95.6 Å². The van der Waals surface area contributed by atoms with Gasteiger partial charge in [0.15, 0.2) is 0 Å². The number of hydrogen-bond acceptors (Lipinski definition) is 3. The Balaban J connectivity index is 1.51. The summed E-state index contributed by atoms with van der Waals surface area (Å²) in [7, 11) is 0. The third-order valence-corrected chi connectivity index (χ3v) is 3.56. The van der Waals surface area contributed by atoms with Crippen LogP contribution in [-0.4, -0.2) is 0 Å². The van der Waals surface area contributed by atoms with E-state index in [0.717, 1.165) is 22.6 Å². The Kier molecular flexibility index (Phi) is 5.11. The molecule has 0 unspecified atom stereocenters. The van der Waals surface area contributed by atoms with Crippen molar-refractivity contribution in [2.45, 2.75) is 13.2 Å². The van der Waals surface area contributed by atoms with Crippen molar-refractivity contribution < 1.29 is 9.47 Å². The average Bonchev–Trinajstić information content (AvgIpc) is 2.67. The van der Waals surface area contributed by atoms with Crippen molar-refractivity contribution in [1.82, 2.24) is 0 Å². The zero-order valence-corrected chi connectivity index (χ0v) is 13.2. The van der Waals surface area contributed by atoms with Crippen LogP contribution in [0.2, 0.25) is 0 Å². The van der Waals surface area contributed by atoms with Gasteiger partial charge in [-0.1, -0.05) is 42.5 Å². The number of rotatable bonds is 6. The van der Waals surface area contributed by atoms with E-state index < -0.39 is 0 Å². The van der Waals surface area contributed by atoms with E-state index in [-0.39, 0.29) is 0 Å². The fourth-order valence-electron chi connectivity index (χ4n) is 2.21. The topological polar surface area (TPSA) is 42.2 Å². The highest BCUT2D eigenvalue weighted by atomic mass is 16.5. The molecular formula is C21H17NO2. The first kappa shape index (κ1) is 15.6. The Labute approximate surface area is 141 Å². The van der Waals surface area contributed by atoms with E-state index in [4.69, 9.17) is 14.7 Å². The van der Waals surface area contributed by atoms with Crippen LogP contribution in [-0.2, 0) is 13.2 Å². The molecule has 0 aromatic heterocycles. The Bertz CT molecular complexity index is 803. The quantitative estimate of drug-likeness (QED) is 0.661. The summed E-state index contributed by atoms with van der Waals surface area (Å²) < 4.78 is 11.5. The molecule has 3 aromatic carbocycles. The number of nitriles is 1. The van der Waals surface area contributed by atoms with E-state index in [1.165, 1.54) is 0 Å². The van der Waals surface area contributed by atoms with Crippen LogP contribution >= 0.6 is 0 Å². The Hall–Kier alpha value is -3.25. The summed E-state index contributed by atoms with van der Waals surface area (Å²) in [5, 5.41) is 8.79. The number of hydrogen-bond donors (Lipinski definition) is 0. The standard InChI is InChI=1S/C21H17NO2/c22-14-17-6-8-18(9-7-17)15-24-21-12-10-19(11-13-21)16-23-20-4-2-1-3-5-20/h1-13H,15-16H2. The molecule has 0 amide bonds. The molecule has 3 heteroatoms. The minimum absolute atomic E-state index is 0.478. The molecular weight excluding hydrogens is 298 g/mol. The zero-order chi connectivity index (χ0) is 16.6. The monoisotopic (exact) mass is 315 g/mol. The fourth-order valence-corrected chi connectivity index (χ4v) is 2.21. The molecule has 0 bridgehead atoms. The lowest BCUT2D eigenvalue weighted by Gasteiger charge is -2.09. The predicted molar refractivity (Wildman–Crippen MR) is 92.7 cm³/mol. The number of ether oxygens (including phenoxy) is 2. The third-order valence-electron chi connectivity index (χ3n) is 3.56. The molecule has 24 heavy (non-hydrogen) atoms. The van der Waals surface area contributed by atoms with Gasteiger partial charge in [-0.15, -0.1) is 0 Å². The van der Waals surface area contributed by atoms with Crippen molar-refractivity contribution in [1.29, 1.82) is 5.26 Å². The molecule has 0 spiro atoms. The highest BCUT2D eigenvalue weighted by molar-refractivity contribution is 5.32. The molecule has 3 aromatic rings. The summed E-state index contributed by atoms with van der Waals surface area (Å²) in [6.45, 7) is 1.01. The molecule has 0 saturated heterocycles. The van der Waals surface area contributed by atoms with Gasteiger partial charge in [-0.2, -0.15) is 5.26 Å². The Morgan fingerprint density at radius 1 is 0.625 bits per heavy atom. The Morgan fingerprint density at radius 3 is 1.67 bits per heavy atom. The lowest BCUT2D eigenvalue weighted by molar-refractivity contribution is 0.301. The molecule has 3 nitrogen and oxygen atoms in total. The summed E-state index contributed by atoms with van der Waals surface area (Å²) in [4.78, 5) is 0. The van der Waals surface area contributed by atoms with E-state index in [9.17, 15) is 0 Å². The molecule has 0 heterocycles. The molecule has 0 fully saturated rings. The molecule has 0 aliphatic carbocycles. The lowest BCUT2D eigenvalue weighted by Crippen LogP contribution is -1.97. The van der Waals surface area contributed by atoms with Crippen LogP contribution < -0.4 is 9.47 Å². The second kappa shape index (κ2) is 7.85. The molecule has 0 radical (unpaired) electrons. The summed E-state index contributed by atoms with van der Waals surface area (Å²) in [6.07, 6.45) is 0. The number of para-hydroxylation sites is 1. The van der Waals surface area contributed by atoms with Crippen LogP contribution in [0.3, 0.4) is 0 Å². The average molecular weight is 315 g/mol. The zero-order valence-electron chi connectivity index (χ0n) is 13.2. The molecule has 0 aliphatic rings. The van der Waals surface area contributed by atoms with Gasteiger partial charge in [0.05, 0.1) is 11.6 Å². The van der Waals surface area contributed by atoms with Crippen molar-refractivity contribution in [3.63, 3.8) is 0 Å².